The first-order chi connectivity index (χ1) is 14.1. The normalized spacial score (nSPS) is 17.6. The Morgan fingerprint density at radius 2 is 1.69 bits per heavy atom. The van der Waals surface area contributed by atoms with E-state index < -0.39 is 5.54 Å². The first kappa shape index (κ1) is 20.2. The van der Waals surface area contributed by atoms with Crippen LogP contribution >= 0.6 is 0 Å². The van der Waals surface area contributed by atoms with E-state index in [1.54, 1.807) is 0 Å². The number of para-hydroxylation sites is 1. The summed E-state index contributed by atoms with van der Waals surface area (Å²) in [7, 11) is 0. The van der Waals surface area contributed by atoms with Crippen molar-refractivity contribution in [3.63, 3.8) is 0 Å². The first-order valence-electron chi connectivity index (χ1n) is 11.4. The van der Waals surface area contributed by atoms with Crippen LogP contribution in [0, 0.1) is 0 Å². The summed E-state index contributed by atoms with van der Waals surface area (Å²) >= 11 is 0. The molecule has 154 valence electrons. The van der Waals surface area contributed by atoms with Crippen LogP contribution in [0.4, 0.5) is 0 Å². The van der Waals surface area contributed by atoms with Crippen LogP contribution in [0.25, 0.3) is 21.8 Å². The van der Waals surface area contributed by atoms with Crippen LogP contribution in [0.5, 0.6) is 0 Å². The lowest BCUT2D eigenvalue weighted by Crippen LogP contribution is -2.53. The topological polar surface area (TPSA) is 25.2 Å². The Labute approximate surface area is 174 Å². The first-order valence-corrected chi connectivity index (χ1v) is 11.4. The van der Waals surface area contributed by atoms with Crippen LogP contribution in [-0.2, 0) is 6.54 Å². The predicted molar refractivity (Wildman–Crippen MR) is 123 cm³/mol. The van der Waals surface area contributed by atoms with Gasteiger partial charge < -0.3 is 4.57 Å². The molecule has 1 atom stereocenters. The van der Waals surface area contributed by atoms with Gasteiger partial charge in [-0.2, -0.15) is 0 Å². The molecule has 3 nitrogen and oxygen atoms in total. The number of hydrogen-bond acceptors (Lipinski definition) is 2. The van der Waals surface area contributed by atoms with Crippen molar-refractivity contribution < 1.29 is 4.79 Å². The lowest BCUT2D eigenvalue weighted by atomic mass is 9.85. The van der Waals surface area contributed by atoms with Crippen molar-refractivity contribution in [1.29, 1.82) is 0 Å². The summed E-state index contributed by atoms with van der Waals surface area (Å²) in [6.07, 6.45) is 6.88. The van der Waals surface area contributed by atoms with Gasteiger partial charge in [0, 0.05) is 33.9 Å². The molecule has 0 saturated carbocycles. The van der Waals surface area contributed by atoms with Gasteiger partial charge in [0.05, 0.1) is 5.54 Å². The number of unbranched alkanes of at least 4 members (excludes halogenated alkanes) is 1. The molecule has 0 N–H and O–H groups in total. The number of rotatable bonds is 7. The number of carbonyl (C=O) groups is 1. The van der Waals surface area contributed by atoms with Gasteiger partial charge in [0.25, 0.3) is 0 Å². The second kappa shape index (κ2) is 8.31. The van der Waals surface area contributed by atoms with Crippen LogP contribution in [0.15, 0.2) is 42.5 Å². The van der Waals surface area contributed by atoms with Gasteiger partial charge in [-0.3, -0.25) is 9.69 Å². The highest BCUT2D eigenvalue weighted by Gasteiger charge is 2.38. The third kappa shape index (κ3) is 3.50. The molecule has 0 spiro atoms. The molecule has 0 amide bonds. The number of aromatic nitrogens is 1. The molecule has 29 heavy (non-hydrogen) atoms. The molecule has 4 rings (SSSR count). The molecule has 3 heteroatoms. The number of fused-ring (bicyclic) bond motifs is 3. The Hall–Kier alpha value is -2.13. The van der Waals surface area contributed by atoms with Gasteiger partial charge in [-0.25, -0.2) is 0 Å². The van der Waals surface area contributed by atoms with Crippen LogP contribution in [-0.4, -0.2) is 33.9 Å². The molecule has 0 radical (unpaired) electrons. The zero-order chi connectivity index (χ0) is 20.4. The monoisotopic (exact) mass is 390 g/mol. The number of carbonyl (C=O) groups excluding carboxylic acids is 1. The standard InChI is InChI=1S/C26H34N2O/c1-4-6-18-28-23-13-9-8-12-21(23)22-19-20(14-15-24(22)28)25(29)26(3,5-2)27-16-10-7-11-17-27/h8-9,12-15,19H,4-7,10-11,16-18H2,1-3H3. The molecule has 0 bridgehead atoms. The van der Waals surface area contributed by atoms with E-state index in [2.05, 4.69) is 72.7 Å². The highest BCUT2D eigenvalue weighted by molar-refractivity contribution is 6.12. The van der Waals surface area contributed by atoms with Crippen molar-refractivity contribution in [3.8, 4) is 0 Å². The minimum absolute atomic E-state index is 0.272. The fourth-order valence-electron chi connectivity index (χ4n) is 4.98. The zero-order valence-electron chi connectivity index (χ0n) is 18.2. The fourth-order valence-corrected chi connectivity index (χ4v) is 4.98. The summed E-state index contributed by atoms with van der Waals surface area (Å²) in [6, 6.07) is 15.0. The molecule has 2 aromatic carbocycles. The zero-order valence-corrected chi connectivity index (χ0v) is 18.2. The average molecular weight is 391 g/mol. The van der Waals surface area contributed by atoms with Crippen molar-refractivity contribution in [3.05, 3.63) is 48.0 Å². The number of ketones is 1. The third-order valence-electron chi connectivity index (χ3n) is 7.00. The highest BCUT2D eigenvalue weighted by atomic mass is 16.1. The van der Waals surface area contributed by atoms with Crippen LogP contribution in [0.1, 0.15) is 69.7 Å². The third-order valence-corrected chi connectivity index (χ3v) is 7.00. The van der Waals surface area contributed by atoms with E-state index in [1.165, 1.54) is 47.5 Å². The summed E-state index contributed by atoms with van der Waals surface area (Å²) in [5, 5.41) is 2.46. The van der Waals surface area contributed by atoms with Gasteiger partial charge in [-0.1, -0.05) is 44.9 Å². The van der Waals surface area contributed by atoms with E-state index in [-0.39, 0.29) is 5.78 Å². The van der Waals surface area contributed by atoms with E-state index in [1.807, 2.05) is 0 Å². The van der Waals surface area contributed by atoms with E-state index in [0.717, 1.165) is 38.0 Å². The highest BCUT2D eigenvalue weighted by Crippen LogP contribution is 2.33. The van der Waals surface area contributed by atoms with Gasteiger partial charge in [0.1, 0.15) is 0 Å². The van der Waals surface area contributed by atoms with Gasteiger partial charge in [-0.15, -0.1) is 0 Å². The number of piperidine rings is 1. The Bertz CT molecular complexity index is 1010. The molecule has 1 fully saturated rings. The maximum absolute atomic E-state index is 13.7. The van der Waals surface area contributed by atoms with E-state index in [4.69, 9.17) is 0 Å². The summed E-state index contributed by atoms with van der Waals surface area (Å²) in [6.45, 7) is 9.63. The summed E-state index contributed by atoms with van der Waals surface area (Å²) in [5.74, 6) is 0.272. The van der Waals surface area contributed by atoms with Crippen LogP contribution in [0.2, 0.25) is 0 Å². The number of aryl methyl sites for hydroxylation is 1. The SMILES string of the molecule is CCCCn1c2ccccc2c2cc(C(=O)C(C)(CC)N3CCCCC3)ccc21. The maximum Gasteiger partial charge on any atom is 0.182 e. The number of hydrogen-bond donors (Lipinski definition) is 0. The number of Topliss-reactive ketones (excluding diaryl/α,β-unsaturated/α-hetero) is 1. The molecule has 1 aromatic heterocycles. The maximum atomic E-state index is 13.7. The van der Waals surface area contributed by atoms with Crippen molar-refractivity contribution in [2.75, 3.05) is 13.1 Å². The minimum atomic E-state index is -0.408. The van der Waals surface area contributed by atoms with Crippen LogP contribution in [0.3, 0.4) is 0 Å². The second-order valence-corrected chi connectivity index (χ2v) is 8.76. The Morgan fingerprint density at radius 3 is 2.41 bits per heavy atom. The fraction of sp³-hybridized carbons (Fsp3) is 0.500. The molecule has 1 aliphatic rings. The molecule has 2 heterocycles. The van der Waals surface area contributed by atoms with Crippen LogP contribution < -0.4 is 0 Å². The number of nitrogens with zero attached hydrogens (tertiary/aromatic N) is 2. The average Bonchev–Trinajstić information content (AvgIpc) is 3.10. The minimum Gasteiger partial charge on any atom is -0.340 e. The van der Waals surface area contributed by atoms with E-state index in [0.29, 0.717) is 0 Å². The summed E-state index contributed by atoms with van der Waals surface area (Å²) in [4.78, 5) is 16.1. The van der Waals surface area contributed by atoms with Crippen molar-refractivity contribution in [1.82, 2.24) is 9.47 Å². The van der Waals surface area contributed by atoms with Crippen molar-refractivity contribution in [2.24, 2.45) is 0 Å². The Balaban J connectivity index is 1.78. The van der Waals surface area contributed by atoms with Gasteiger partial charge in [0.15, 0.2) is 5.78 Å². The number of benzene rings is 2. The predicted octanol–water partition coefficient (Wildman–Crippen LogP) is 6.43. The Kier molecular flexibility index (Phi) is 5.78. The van der Waals surface area contributed by atoms with E-state index >= 15 is 0 Å². The smallest absolute Gasteiger partial charge is 0.182 e. The lowest BCUT2D eigenvalue weighted by Gasteiger charge is -2.42. The molecular formula is C26H34N2O. The van der Waals surface area contributed by atoms with Gasteiger partial charge in [-0.05, 0) is 70.0 Å². The van der Waals surface area contributed by atoms with Gasteiger partial charge >= 0.3 is 0 Å². The lowest BCUT2D eigenvalue weighted by molar-refractivity contribution is 0.0505. The summed E-state index contributed by atoms with van der Waals surface area (Å²) in [5.41, 5.74) is 2.96. The molecular weight excluding hydrogens is 356 g/mol. The molecule has 3 aromatic rings. The number of likely N-dealkylation sites (tertiary alicyclic amines) is 1. The largest absolute Gasteiger partial charge is 0.340 e. The quantitative estimate of drug-likeness (QED) is 0.434. The molecule has 1 unspecified atom stereocenters. The van der Waals surface area contributed by atoms with Crippen molar-refractivity contribution in [2.45, 2.75) is 71.4 Å². The molecule has 0 aliphatic carbocycles. The van der Waals surface area contributed by atoms with Gasteiger partial charge in [0.2, 0.25) is 0 Å². The van der Waals surface area contributed by atoms with Crippen molar-refractivity contribution >= 4 is 27.6 Å². The molecule has 1 aliphatic heterocycles. The van der Waals surface area contributed by atoms with E-state index in [9.17, 15) is 4.79 Å². The second-order valence-electron chi connectivity index (χ2n) is 8.76. The summed E-state index contributed by atoms with van der Waals surface area (Å²) < 4.78 is 2.42. The molecule has 1 saturated heterocycles. The Morgan fingerprint density at radius 1 is 0.966 bits per heavy atom.